The number of rotatable bonds is 0. The number of H-pyrrole nitrogens is 2. The summed E-state index contributed by atoms with van der Waals surface area (Å²) in [5.41, 5.74) is 0. The van der Waals surface area contributed by atoms with Crippen LogP contribution in [-0.4, -0.2) is 0 Å². The molecule has 0 aromatic carbocycles. The van der Waals surface area contributed by atoms with Crippen LogP contribution < -0.4 is 43.9 Å². The molecular weight excluding hydrogens is 388 g/mol. The van der Waals surface area contributed by atoms with Gasteiger partial charge in [0.15, 0.2) is 24.8 Å². The lowest BCUT2D eigenvalue weighted by Gasteiger charge is -1.63. The van der Waals surface area contributed by atoms with Gasteiger partial charge >= 0.3 is 0 Å². The van der Waals surface area contributed by atoms with Crippen LogP contribution in [-0.2, 0) is 0 Å². The summed E-state index contributed by atoms with van der Waals surface area (Å²) in [6, 6.07) is 11.7. The summed E-state index contributed by atoms with van der Waals surface area (Å²) in [5.74, 6) is 0. The Bertz CT molecular complexity index is 194. The third-order valence-electron chi connectivity index (χ3n) is 1.21. The highest BCUT2D eigenvalue weighted by Crippen LogP contribution is 1.68. The van der Waals surface area contributed by atoms with Crippen molar-refractivity contribution in [2.75, 3.05) is 0 Å². The van der Waals surface area contributed by atoms with Crippen molar-refractivity contribution in [2.24, 2.45) is 0 Å². The van der Waals surface area contributed by atoms with E-state index in [9.17, 15) is 0 Å². The summed E-state index contributed by atoms with van der Waals surface area (Å²) in [6.07, 6.45) is 7.50. The molecule has 0 aliphatic carbocycles. The minimum absolute atomic E-state index is 0. The van der Waals surface area contributed by atoms with Crippen molar-refractivity contribution in [1.29, 1.82) is 0 Å². The number of aromatic amines is 2. The maximum Gasteiger partial charge on any atom is 0.166 e. The van der Waals surface area contributed by atoms with Gasteiger partial charge in [0.1, 0.15) is 0 Å². The molecule has 2 N–H and O–H groups in total. The van der Waals surface area contributed by atoms with E-state index < -0.39 is 0 Å². The largest absolute Gasteiger partial charge is 1.00 e. The molecule has 0 aliphatic rings. The van der Waals surface area contributed by atoms with E-state index in [1.165, 1.54) is 0 Å². The molecule has 2 heterocycles. The highest BCUT2D eigenvalue weighted by Gasteiger charge is 1.66. The van der Waals surface area contributed by atoms with Gasteiger partial charge in [0.25, 0.3) is 0 Å². The minimum atomic E-state index is 0. The Morgan fingerprint density at radius 3 is 0.800 bits per heavy atom. The zero-order valence-corrected chi connectivity index (χ0v) is 12.8. The Morgan fingerprint density at radius 1 is 0.467 bits per heavy atom. The first kappa shape index (κ1) is 20.2. The number of halogens is 3. The van der Waals surface area contributed by atoms with Crippen LogP contribution >= 0.6 is 17.0 Å². The number of hydrogen-bond donors (Lipinski definition) is 0. The topological polar surface area (TPSA) is 28.3 Å². The van der Waals surface area contributed by atoms with Gasteiger partial charge in [-0.2, -0.15) is 0 Å². The first-order valence-corrected chi connectivity index (χ1v) is 3.82. The third kappa shape index (κ3) is 13.7. The van der Waals surface area contributed by atoms with Crippen molar-refractivity contribution in [3.8, 4) is 0 Å². The summed E-state index contributed by atoms with van der Waals surface area (Å²) in [6.45, 7) is 0. The lowest BCUT2D eigenvalue weighted by Crippen LogP contribution is -3.00. The van der Waals surface area contributed by atoms with E-state index in [0.717, 1.165) is 0 Å². The van der Waals surface area contributed by atoms with Crippen LogP contribution in [0.4, 0.5) is 0 Å². The maximum atomic E-state index is 2.89. The number of aromatic nitrogens is 2. The fraction of sp³-hybridized carbons (Fsp3) is 0. The lowest BCUT2D eigenvalue weighted by atomic mass is 10.5. The van der Waals surface area contributed by atoms with Gasteiger partial charge in [0.2, 0.25) is 0 Å². The Kier molecular flexibility index (Phi) is 21.8. The highest BCUT2D eigenvalue weighted by molar-refractivity contribution is 8.93. The first-order valence-electron chi connectivity index (χ1n) is 3.82. The average molecular weight is 401 g/mol. The summed E-state index contributed by atoms with van der Waals surface area (Å²) < 4.78 is 0. The zero-order chi connectivity index (χ0) is 8.49. The van der Waals surface area contributed by atoms with E-state index in [0.29, 0.717) is 0 Å². The molecule has 0 saturated heterocycles. The molecule has 0 fully saturated rings. The lowest BCUT2D eigenvalue weighted by molar-refractivity contribution is -0.378. The molecule has 0 saturated carbocycles. The fourth-order valence-electron chi connectivity index (χ4n) is 0.684. The van der Waals surface area contributed by atoms with Crippen molar-refractivity contribution < 1.29 is 43.9 Å². The summed E-state index contributed by atoms with van der Waals surface area (Å²) in [5, 5.41) is 0. The molecule has 0 spiro atoms. The monoisotopic (exact) mass is 398 g/mol. The van der Waals surface area contributed by atoms with Gasteiger partial charge in [-0.3, -0.25) is 0 Å². The number of nitrogens with one attached hydrogen (secondary N) is 2. The normalized spacial score (nSPS) is 6.40. The van der Waals surface area contributed by atoms with Gasteiger partial charge in [-0.15, -0.1) is 17.0 Å². The van der Waals surface area contributed by atoms with E-state index in [-0.39, 0.29) is 50.9 Å². The first-order chi connectivity index (χ1) is 6.00. The van der Waals surface area contributed by atoms with Gasteiger partial charge in [0, 0.05) is 24.3 Å². The van der Waals surface area contributed by atoms with E-state index in [1.54, 1.807) is 0 Å². The maximum absolute atomic E-state index is 2.89. The Hall–Kier alpha value is -0.260. The Morgan fingerprint density at radius 2 is 0.733 bits per heavy atom. The molecule has 15 heavy (non-hydrogen) atoms. The number of hydrogen-bond acceptors (Lipinski definition) is 0. The second-order valence-corrected chi connectivity index (χ2v) is 2.15. The van der Waals surface area contributed by atoms with Gasteiger partial charge in [-0.1, -0.05) is 12.1 Å². The summed E-state index contributed by atoms with van der Waals surface area (Å²) in [7, 11) is 0. The second-order valence-electron chi connectivity index (χ2n) is 2.15. The molecule has 0 atom stereocenters. The fourth-order valence-corrected chi connectivity index (χ4v) is 0.684. The van der Waals surface area contributed by atoms with Crippen LogP contribution in [0, 0.1) is 0 Å². The highest BCUT2D eigenvalue weighted by atomic mass is 79.9. The predicted molar refractivity (Wildman–Crippen MR) is 56.3 cm³/mol. The van der Waals surface area contributed by atoms with Crippen molar-refractivity contribution in [1.82, 2.24) is 0 Å². The van der Waals surface area contributed by atoms with Crippen LogP contribution in [0.2, 0.25) is 0 Å². The van der Waals surface area contributed by atoms with Crippen LogP contribution in [0.15, 0.2) is 61.2 Å². The average Bonchev–Trinajstić information content (AvgIpc) is 2.24. The quantitative estimate of drug-likeness (QED) is 0.427. The molecule has 2 aromatic heterocycles. The van der Waals surface area contributed by atoms with Gasteiger partial charge < -0.3 is 34.0 Å². The van der Waals surface area contributed by atoms with Crippen LogP contribution in [0.1, 0.15) is 0 Å². The zero-order valence-electron chi connectivity index (χ0n) is 7.94. The molecule has 5 heteroatoms. The standard InChI is InChI=1S/2C5H5N.3BrH/c2*1-2-4-6-5-3-1;;;/h2*1-5H;3*1H. The molecule has 2 aromatic rings. The molecule has 2 rings (SSSR count). The Balaban J connectivity index is -0.000000160. The SMILES string of the molecule is Br.[Br-].[Br-].c1cc[nH+]cc1.c1cc[nH+]cc1. The van der Waals surface area contributed by atoms with Crippen molar-refractivity contribution in [3.63, 3.8) is 0 Å². The number of pyridine rings is 2. The van der Waals surface area contributed by atoms with Crippen molar-refractivity contribution >= 4 is 17.0 Å². The molecule has 84 valence electrons. The summed E-state index contributed by atoms with van der Waals surface area (Å²) in [4.78, 5) is 5.78. The van der Waals surface area contributed by atoms with Gasteiger partial charge in [0.05, 0.1) is 0 Å². The van der Waals surface area contributed by atoms with E-state index in [2.05, 4.69) is 9.97 Å². The van der Waals surface area contributed by atoms with Crippen LogP contribution in [0.5, 0.6) is 0 Å². The van der Waals surface area contributed by atoms with Crippen LogP contribution in [0.25, 0.3) is 0 Å². The molecular formula is C10H13Br3N2. The van der Waals surface area contributed by atoms with E-state index in [4.69, 9.17) is 0 Å². The van der Waals surface area contributed by atoms with Gasteiger partial charge in [-0.05, 0) is 0 Å². The molecule has 0 amide bonds. The molecule has 0 radical (unpaired) electrons. The van der Waals surface area contributed by atoms with Crippen molar-refractivity contribution in [3.05, 3.63) is 61.2 Å². The minimum Gasteiger partial charge on any atom is -1.00 e. The van der Waals surface area contributed by atoms with E-state index in [1.807, 2.05) is 61.2 Å². The van der Waals surface area contributed by atoms with E-state index >= 15 is 0 Å². The van der Waals surface area contributed by atoms with Crippen molar-refractivity contribution in [2.45, 2.75) is 0 Å². The second kappa shape index (κ2) is 16.2. The summed E-state index contributed by atoms with van der Waals surface area (Å²) >= 11 is 0. The van der Waals surface area contributed by atoms with Gasteiger partial charge in [-0.25, -0.2) is 9.97 Å². The molecule has 0 unspecified atom stereocenters. The predicted octanol–water partition coefficient (Wildman–Crippen LogP) is -4.41. The third-order valence-corrected chi connectivity index (χ3v) is 1.21. The molecule has 0 aliphatic heterocycles. The molecule has 2 nitrogen and oxygen atoms in total. The molecule has 0 bridgehead atoms. The van der Waals surface area contributed by atoms with Crippen LogP contribution in [0.3, 0.4) is 0 Å². The Labute approximate surface area is 121 Å². The smallest absolute Gasteiger partial charge is 0.166 e.